The molecule has 1 amide bonds. The SMILES string of the molecule is COc1ccc(/C=C2\NC(=S)NC2=O)cc1. The zero-order valence-corrected chi connectivity index (χ0v) is 9.43. The van der Waals surface area contributed by atoms with E-state index in [4.69, 9.17) is 17.0 Å². The van der Waals surface area contributed by atoms with Gasteiger partial charge in [0.05, 0.1) is 7.11 Å². The fourth-order valence-electron chi connectivity index (χ4n) is 1.35. The van der Waals surface area contributed by atoms with Crippen LogP contribution in [-0.2, 0) is 4.79 Å². The minimum Gasteiger partial charge on any atom is -0.497 e. The van der Waals surface area contributed by atoms with Crippen molar-refractivity contribution in [3.63, 3.8) is 0 Å². The van der Waals surface area contributed by atoms with Crippen molar-refractivity contribution in [1.29, 1.82) is 0 Å². The molecule has 0 saturated carbocycles. The molecule has 1 saturated heterocycles. The summed E-state index contributed by atoms with van der Waals surface area (Å²) in [5, 5.41) is 5.62. The van der Waals surface area contributed by atoms with Crippen LogP contribution >= 0.6 is 12.2 Å². The van der Waals surface area contributed by atoms with Gasteiger partial charge in [0.15, 0.2) is 5.11 Å². The number of carbonyl (C=O) groups is 1. The third-order valence-corrected chi connectivity index (χ3v) is 2.35. The number of hydrogen-bond donors (Lipinski definition) is 2. The monoisotopic (exact) mass is 234 g/mol. The van der Waals surface area contributed by atoms with Crippen LogP contribution in [0.15, 0.2) is 30.0 Å². The minimum atomic E-state index is -0.208. The van der Waals surface area contributed by atoms with Gasteiger partial charge in [-0.05, 0) is 36.0 Å². The molecule has 0 atom stereocenters. The van der Waals surface area contributed by atoms with Crippen molar-refractivity contribution in [2.45, 2.75) is 0 Å². The lowest BCUT2D eigenvalue weighted by Gasteiger charge is -2.00. The van der Waals surface area contributed by atoms with Gasteiger partial charge in [-0.15, -0.1) is 0 Å². The molecular formula is C11H10N2O2S. The highest BCUT2D eigenvalue weighted by Crippen LogP contribution is 2.14. The lowest BCUT2D eigenvalue weighted by molar-refractivity contribution is -0.115. The van der Waals surface area contributed by atoms with Gasteiger partial charge in [0.1, 0.15) is 11.4 Å². The summed E-state index contributed by atoms with van der Waals surface area (Å²) in [5.74, 6) is 0.572. The van der Waals surface area contributed by atoms with Gasteiger partial charge in [-0.1, -0.05) is 12.1 Å². The third kappa shape index (κ3) is 2.20. The summed E-state index contributed by atoms with van der Waals surface area (Å²) in [6.07, 6.45) is 1.73. The lowest BCUT2D eigenvalue weighted by Crippen LogP contribution is -2.21. The molecule has 2 rings (SSSR count). The first kappa shape index (κ1) is 10.6. The Labute approximate surface area is 98.3 Å². The molecule has 1 aliphatic rings. The molecule has 1 fully saturated rings. The van der Waals surface area contributed by atoms with Crippen molar-refractivity contribution in [2.75, 3.05) is 7.11 Å². The zero-order chi connectivity index (χ0) is 11.5. The van der Waals surface area contributed by atoms with E-state index in [9.17, 15) is 4.79 Å². The summed E-state index contributed by atoms with van der Waals surface area (Å²) in [4.78, 5) is 11.4. The Morgan fingerprint density at radius 2 is 1.94 bits per heavy atom. The van der Waals surface area contributed by atoms with Crippen molar-refractivity contribution in [3.8, 4) is 5.75 Å². The van der Waals surface area contributed by atoms with Crippen LogP contribution in [-0.4, -0.2) is 18.1 Å². The second kappa shape index (κ2) is 4.32. The Bertz CT molecular complexity index is 465. The van der Waals surface area contributed by atoms with Crippen LogP contribution in [0.25, 0.3) is 6.08 Å². The van der Waals surface area contributed by atoms with E-state index in [1.807, 2.05) is 24.3 Å². The van der Waals surface area contributed by atoms with Crippen molar-refractivity contribution < 1.29 is 9.53 Å². The molecule has 1 aromatic rings. The van der Waals surface area contributed by atoms with E-state index >= 15 is 0 Å². The highest BCUT2D eigenvalue weighted by atomic mass is 32.1. The van der Waals surface area contributed by atoms with Gasteiger partial charge in [0.25, 0.3) is 5.91 Å². The molecule has 0 unspecified atom stereocenters. The summed E-state index contributed by atoms with van der Waals surface area (Å²) < 4.78 is 5.04. The van der Waals surface area contributed by atoms with E-state index in [1.165, 1.54) is 0 Å². The Morgan fingerprint density at radius 1 is 1.25 bits per heavy atom. The second-order valence-corrected chi connectivity index (χ2v) is 3.65. The number of hydrogen-bond acceptors (Lipinski definition) is 3. The third-order valence-electron chi connectivity index (χ3n) is 2.15. The minimum absolute atomic E-state index is 0.208. The highest BCUT2D eigenvalue weighted by molar-refractivity contribution is 7.80. The molecule has 0 spiro atoms. The highest BCUT2D eigenvalue weighted by Gasteiger charge is 2.19. The van der Waals surface area contributed by atoms with Gasteiger partial charge in [-0.2, -0.15) is 0 Å². The number of carbonyl (C=O) groups excluding carboxylic acids is 1. The van der Waals surface area contributed by atoms with Gasteiger partial charge < -0.3 is 10.1 Å². The van der Waals surface area contributed by atoms with Crippen molar-refractivity contribution >= 4 is 29.3 Å². The maximum absolute atomic E-state index is 11.4. The molecule has 0 aliphatic carbocycles. The first-order valence-electron chi connectivity index (χ1n) is 4.67. The first-order chi connectivity index (χ1) is 7.69. The summed E-state index contributed by atoms with van der Waals surface area (Å²) in [6, 6.07) is 7.39. The predicted molar refractivity (Wildman–Crippen MR) is 64.8 cm³/mol. The molecule has 16 heavy (non-hydrogen) atoms. The van der Waals surface area contributed by atoms with Gasteiger partial charge in [0, 0.05) is 0 Å². The number of thiocarbonyl (C=S) groups is 1. The standard InChI is InChI=1S/C11H10N2O2S/c1-15-8-4-2-7(3-5-8)6-9-10(14)13-11(16)12-9/h2-6H,1H3,(H2,12,13,14,16)/b9-6-. The van der Waals surface area contributed by atoms with Crippen LogP contribution in [0.4, 0.5) is 0 Å². The summed E-state index contributed by atoms with van der Waals surface area (Å²) in [6.45, 7) is 0. The number of benzene rings is 1. The number of amides is 1. The predicted octanol–water partition coefficient (Wildman–Crippen LogP) is 1.04. The van der Waals surface area contributed by atoms with Crippen LogP contribution < -0.4 is 15.4 Å². The molecule has 1 aromatic carbocycles. The average Bonchev–Trinajstić information content (AvgIpc) is 2.59. The van der Waals surface area contributed by atoms with Crippen LogP contribution in [0.1, 0.15) is 5.56 Å². The Morgan fingerprint density at radius 3 is 2.44 bits per heavy atom. The maximum atomic E-state index is 11.4. The normalized spacial score (nSPS) is 17.2. The molecule has 4 nitrogen and oxygen atoms in total. The summed E-state index contributed by atoms with van der Waals surface area (Å²) in [7, 11) is 1.61. The van der Waals surface area contributed by atoms with Crippen LogP contribution in [0, 0.1) is 0 Å². The smallest absolute Gasteiger partial charge is 0.273 e. The molecule has 82 valence electrons. The number of rotatable bonds is 2. The van der Waals surface area contributed by atoms with E-state index in [0.29, 0.717) is 10.8 Å². The van der Waals surface area contributed by atoms with E-state index in [1.54, 1.807) is 13.2 Å². The Balaban J connectivity index is 2.22. The largest absolute Gasteiger partial charge is 0.497 e. The molecule has 0 radical (unpaired) electrons. The topological polar surface area (TPSA) is 50.4 Å². The Kier molecular flexibility index (Phi) is 2.87. The molecule has 1 heterocycles. The van der Waals surface area contributed by atoms with Crippen LogP contribution in [0.3, 0.4) is 0 Å². The molecule has 5 heteroatoms. The van der Waals surface area contributed by atoms with E-state index in [-0.39, 0.29) is 5.91 Å². The van der Waals surface area contributed by atoms with Gasteiger partial charge in [-0.25, -0.2) is 0 Å². The molecule has 0 bridgehead atoms. The van der Waals surface area contributed by atoms with Gasteiger partial charge >= 0.3 is 0 Å². The van der Waals surface area contributed by atoms with Crippen LogP contribution in [0.2, 0.25) is 0 Å². The lowest BCUT2D eigenvalue weighted by atomic mass is 10.2. The van der Waals surface area contributed by atoms with Crippen molar-refractivity contribution in [3.05, 3.63) is 35.5 Å². The maximum Gasteiger partial charge on any atom is 0.273 e. The number of nitrogens with one attached hydrogen (secondary N) is 2. The van der Waals surface area contributed by atoms with Crippen molar-refractivity contribution in [1.82, 2.24) is 10.6 Å². The quantitative estimate of drug-likeness (QED) is 0.593. The summed E-state index contributed by atoms with van der Waals surface area (Å²) in [5.41, 5.74) is 1.36. The number of ether oxygens (including phenoxy) is 1. The summed E-state index contributed by atoms with van der Waals surface area (Å²) >= 11 is 4.83. The van der Waals surface area contributed by atoms with Gasteiger partial charge in [0.2, 0.25) is 0 Å². The van der Waals surface area contributed by atoms with E-state index < -0.39 is 0 Å². The second-order valence-electron chi connectivity index (χ2n) is 3.24. The molecular weight excluding hydrogens is 224 g/mol. The van der Waals surface area contributed by atoms with Crippen LogP contribution in [0.5, 0.6) is 5.75 Å². The fraction of sp³-hybridized carbons (Fsp3) is 0.0909. The van der Waals surface area contributed by atoms with E-state index in [2.05, 4.69) is 10.6 Å². The van der Waals surface area contributed by atoms with Crippen molar-refractivity contribution in [2.24, 2.45) is 0 Å². The van der Waals surface area contributed by atoms with Gasteiger partial charge in [-0.3, -0.25) is 10.1 Å². The molecule has 0 aromatic heterocycles. The first-order valence-corrected chi connectivity index (χ1v) is 5.08. The Hall–Kier alpha value is -1.88. The molecule has 2 N–H and O–H groups in total. The average molecular weight is 234 g/mol. The van der Waals surface area contributed by atoms with E-state index in [0.717, 1.165) is 11.3 Å². The number of methoxy groups -OCH3 is 1. The fourth-order valence-corrected chi connectivity index (χ4v) is 1.55. The zero-order valence-electron chi connectivity index (χ0n) is 8.61. The molecule has 1 aliphatic heterocycles.